The van der Waals surface area contributed by atoms with E-state index in [1.807, 2.05) is 0 Å². The fourth-order valence-corrected chi connectivity index (χ4v) is 3.17. The molecule has 1 N–H and O–H groups in total. The van der Waals surface area contributed by atoms with Gasteiger partial charge in [-0.3, -0.25) is 4.90 Å². The molecule has 1 aromatic carbocycles. The Hall–Kier alpha value is -1.42. The van der Waals surface area contributed by atoms with Gasteiger partial charge in [0, 0.05) is 24.7 Å². The summed E-state index contributed by atoms with van der Waals surface area (Å²) in [5, 5.41) is 9.03. The third-order valence-electron chi connectivity index (χ3n) is 4.12. The summed E-state index contributed by atoms with van der Waals surface area (Å²) in [7, 11) is 0. The normalized spacial score (nSPS) is 16.0. The molecule has 4 heteroatoms. The van der Waals surface area contributed by atoms with Crippen molar-refractivity contribution < 1.29 is 14.3 Å². The van der Waals surface area contributed by atoms with E-state index in [9.17, 15) is 9.18 Å². The van der Waals surface area contributed by atoms with Gasteiger partial charge in [0.15, 0.2) is 0 Å². The summed E-state index contributed by atoms with van der Waals surface area (Å²) in [6, 6.07) is 5.15. The second-order valence-corrected chi connectivity index (χ2v) is 6.35. The van der Waals surface area contributed by atoms with Crippen LogP contribution in [0.2, 0.25) is 0 Å². The van der Waals surface area contributed by atoms with Crippen LogP contribution in [0, 0.1) is 11.7 Å². The van der Waals surface area contributed by atoms with Crippen molar-refractivity contribution in [3.63, 3.8) is 0 Å². The molecular weight excluding hydrogens is 269 g/mol. The van der Waals surface area contributed by atoms with Gasteiger partial charge in [-0.25, -0.2) is 9.18 Å². The highest BCUT2D eigenvalue weighted by Gasteiger charge is 2.25. The number of carboxylic acids is 1. The molecule has 0 unspecified atom stereocenters. The lowest BCUT2D eigenvalue weighted by atomic mass is 10.1. The van der Waals surface area contributed by atoms with Gasteiger partial charge in [-0.15, -0.1) is 0 Å². The van der Waals surface area contributed by atoms with Gasteiger partial charge in [-0.1, -0.05) is 38.8 Å². The SMILES string of the molecule is CC(C)CN(Cc1cccc(C(=O)O)c1F)C1CCCC1. The number of halogens is 1. The lowest BCUT2D eigenvalue weighted by Crippen LogP contribution is -2.36. The topological polar surface area (TPSA) is 40.5 Å². The molecule has 1 aromatic rings. The van der Waals surface area contributed by atoms with E-state index >= 15 is 0 Å². The predicted octanol–water partition coefficient (Wildman–Crippen LogP) is 3.92. The van der Waals surface area contributed by atoms with Crippen LogP contribution >= 0.6 is 0 Å². The zero-order valence-electron chi connectivity index (χ0n) is 12.8. The first-order valence-corrected chi connectivity index (χ1v) is 7.73. The Morgan fingerprint density at radius 3 is 2.62 bits per heavy atom. The predicted molar refractivity (Wildman–Crippen MR) is 80.9 cm³/mol. The fourth-order valence-electron chi connectivity index (χ4n) is 3.17. The summed E-state index contributed by atoms with van der Waals surface area (Å²) >= 11 is 0. The zero-order valence-corrected chi connectivity index (χ0v) is 12.8. The lowest BCUT2D eigenvalue weighted by Gasteiger charge is -2.30. The van der Waals surface area contributed by atoms with Gasteiger partial charge in [0.05, 0.1) is 5.56 Å². The van der Waals surface area contributed by atoms with Crippen LogP contribution in [0.25, 0.3) is 0 Å². The van der Waals surface area contributed by atoms with Crippen molar-refractivity contribution in [3.05, 3.63) is 35.1 Å². The molecule has 1 aliphatic rings. The van der Waals surface area contributed by atoms with Crippen molar-refractivity contribution in [2.24, 2.45) is 5.92 Å². The quantitative estimate of drug-likeness (QED) is 0.864. The number of rotatable bonds is 6. The molecule has 1 aliphatic carbocycles. The molecule has 0 radical (unpaired) electrons. The number of aromatic carboxylic acids is 1. The van der Waals surface area contributed by atoms with E-state index in [0.29, 0.717) is 24.1 Å². The summed E-state index contributed by atoms with van der Waals surface area (Å²) in [5.41, 5.74) is 0.255. The standard InChI is InChI=1S/C17H24FNO2/c1-12(2)10-19(14-7-3-4-8-14)11-13-6-5-9-15(16(13)18)17(20)21/h5-6,9,12,14H,3-4,7-8,10-11H2,1-2H3,(H,20,21). The first kappa shape index (κ1) is 16.0. The van der Waals surface area contributed by atoms with E-state index < -0.39 is 11.8 Å². The number of hydrogen-bond donors (Lipinski definition) is 1. The van der Waals surface area contributed by atoms with Crippen LogP contribution in [0.1, 0.15) is 55.5 Å². The molecule has 0 amide bonds. The Kier molecular flexibility index (Phi) is 5.34. The average molecular weight is 293 g/mol. The van der Waals surface area contributed by atoms with Crippen LogP contribution in [0.5, 0.6) is 0 Å². The van der Waals surface area contributed by atoms with E-state index in [2.05, 4.69) is 18.7 Å². The summed E-state index contributed by atoms with van der Waals surface area (Å²) in [6.45, 7) is 5.73. The molecule has 0 heterocycles. The average Bonchev–Trinajstić information content (AvgIpc) is 2.93. The van der Waals surface area contributed by atoms with Crippen LogP contribution in [0.4, 0.5) is 4.39 Å². The van der Waals surface area contributed by atoms with E-state index in [1.54, 1.807) is 12.1 Å². The monoisotopic (exact) mass is 293 g/mol. The van der Waals surface area contributed by atoms with Gasteiger partial charge in [0.2, 0.25) is 0 Å². The van der Waals surface area contributed by atoms with Crippen molar-refractivity contribution in [2.75, 3.05) is 6.54 Å². The fraction of sp³-hybridized carbons (Fsp3) is 0.588. The Bertz CT molecular complexity index is 496. The molecule has 3 nitrogen and oxygen atoms in total. The minimum absolute atomic E-state index is 0.233. The number of carbonyl (C=O) groups is 1. The van der Waals surface area contributed by atoms with Gasteiger partial charge in [0.1, 0.15) is 5.82 Å². The summed E-state index contributed by atoms with van der Waals surface area (Å²) in [5.74, 6) is -1.28. The van der Waals surface area contributed by atoms with Gasteiger partial charge >= 0.3 is 5.97 Å². The third-order valence-corrected chi connectivity index (χ3v) is 4.12. The smallest absolute Gasteiger partial charge is 0.338 e. The maximum absolute atomic E-state index is 14.3. The highest BCUT2D eigenvalue weighted by Crippen LogP contribution is 2.26. The van der Waals surface area contributed by atoms with Gasteiger partial charge in [-0.05, 0) is 24.8 Å². The number of nitrogens with zero attached hydrogens (tertiary/aromatic N) is 1. The largest absolute Gasteiger partial charge is 0.478 e. The summed E-state index contributed by atoms with van der Waals surface area (Å²) in [4.78, 5) is 13.4. The molecule has 0 aliphatic heterocycles. The second-order valence-electron chi connectivity index (χ2n) is 6.35. The van der Waals surface area contributed by atoms with Gasteiger partial charge in [0.25, 0.3) is 0 Å². The Morgan fingerprint density at radius 2 is 2.05 bits per heavy atom. The lowest BCUT2D eigenvalue weighted by molar-refractivity contribution is 0.0691. The maximum Gasteiger partial charge on any atom is 0.338 e. The van der Waals surface area contributed by atoms with E-state index in [4.69, 9.17) is 5.11 Å². The Balaban J connectivity index is 2.19. The maximum atomic E-state index is 14.3. The van der Waals surface area contributed by atoms with Crippen molar-refractivity contribution in [2.45, 2.75) is 52.1 Å². The molecule has 116 valence electrons. The first-order valence-electron chi connectivity index (χ1n) is 7.73. The molecule has 0 atom stereocenters. The molecule has 0 aromatic heterocycles. The number of hydrogen-bond acceptors (Lipinski definition) is 2. The molecular formula is C17H24FNO2. The summed E-state index contributed by atoms with van der Waals surface area (Å²) < 4.78 is 14.3. The third kappa shape index (κ3) is 4.03. The molecule has 2 rings (SSSR count). The van der Waals surface area contributed by atoms with Gasteiger partial charge < -0.3 is 5.11 Å². The molecule has 0 spiro atoms. The number of benzene rings is 1. The second kappa shape index (κ2) is 7.03. The zero-order chi connectivity index (χ0) is 15.4. The van der Waals surface area contributed by atoms with Crippen LogP contribution in [-0.4, -0.2) is 28.6 Å². The van der Waals surface area contributed by atoms with Crippen LogP contribution < -0.4 is 0 Å². The Morgan fingerprint density at radius 1 is 1.38 bits per heavy atom. The van der Waals surface area contributed by atoms with Gasteiger partial charge in [-0.2, -0.15) is 0 Å². The van der Waals surface area contributed by atoms with Crippen molar-refractivity contribution in [3.8, 4) is 0 Å². The molecule has 0 saturated heterocycles. The summed E-state index contributed by atoms with van der Waals surface area (Å²) in [6.07, 6.45) is 4.79. The van der Waals surface area contributed by atoms with Crippen molar-refractivity contribution in [1.82, 2.24) is 4.90 Å². The highest BCUT2D eigenvalue weighted by atomic mass is 19.1. The highest BCUT2D eigenvalue weighted by molar-refractivity contribution is 5.88. The van der Waals surface area contributed by atoms with Crippen LogP contribution in [0.15, 0.2) is 18.2 Å². The van der Waals surface area contributed by atoms with Crippen molar-refractivity contribution >= 4 is 5.97 Å². The first-order chi connectivity index (χ1) is 9.99. The Labute approximate surface area is 125 Å². The minimum Gasteiger partial charge on any atom is -0.478 e. The van der Waals surface area contributed by atoms with Crippen LogP contribution in [0.3, 0.4) is 0 Å². The number of carboxylic acid groups (broad SMARTS) is 1. The van der Waals surface area contributed by atoms with Crippen molar-refractivity contribution in [1.29, 1.82) is 0 Å². The molecule has 1 saturated carbocycles. The van der Waals surface area contributed by atoms with E-state index in [-0.39, 0.29) is 5.56 Å². The molecule has 0 bridgehead atoms. The molecule has 21 heavy (non-hydrogen) atoms. The van der Waals surface area contributed by atoms with E-state index in [0.717, 1.165) is 19.4 Å². The van der Waals surface area contributed by atoms with E-state index in [1.165, 1.54) is 18.9 Å². The molecule has 1 fully saturated rings. The van der Waals surface area contributed by atoms with Crippen LogP contribution in [-0.2, 0) is 6.54 Å². The minimum atomic E-state index is -1.20.